The maximum absolute atomic E-state index is 12.2. The molecule has 0 amide bonds. The third kappa shape index (κ3) is 13.9. The first-order valence-electron chi connectivity index (χ1n) is 12.4. The fourth-order valence-corrected chi connectivity index (χ4v) is 3.34. The maximum atomic E-state index is 12.2. The van der Waals surface area contributed by atoms with Crippen molar-refractivity contribution in [2.75, 3.05) is 13.2 Å². The SMILES string of the molecule is CCCCCCCCCCCCCCCOC(=O)c1cccc(C(=O)OCC(C)C)n1. The molecule has 0 saturated heterocycles. The molecule has 0 radical (unpaired) electrons. The Balaban J connectivity index is 2.07. The lowest BCUT2D eigenvalue weighted by atomic mass is 10.0. The van der Waals surface area contributed by atoms with Crippen LogP contribution < -0.4 is 0 Å². The zero-order valence-corrected chi connectivity index (χ0v) is 20.0. The molecule has 1 heterocycles. The van der Waals surface area contributed by atoms with Gasteiger partial charge in [0, 0.05) is 0 Å². The first kappa shape index (κ1) is 27.1. The standard InChI is InChI=1S/C26H43NO4/c1-4-5-6-7-8-9-10-11-12-13-14-15-16-20-30-25(28)23-18-17-19-24(27-23)26(29)31-21-22(2)3/h17-19,22H,4-16,20-21H2,1-3H3. The molecule has 0 bridgehead atoms. The highest BCUT2D eigenvalue weighted by Gasteiger charge is 2.14. The van der Waals surface area contributed by atoms with Gasteiger partial charge < -0.3 is 9.47 Å². The molecule has 0 unspecified atom stereocenters. The van der Waals surface area contributed by atoms with Crippen molar-refractivity contribution in [1.29, 1.82) is 0 Å². The fraction of sp³-hybridized carbons (Fsp3) is 0.731. The molecule has 5 heteroatoms. The zero-order chi connectivity index (χ0) is 22.7. The Morgan fingerprint density at radius 3 is 1.68 bits per heavy atom. The van der Waals surface area contributed by atoms with E-state index < -0.39 is 11.9 Å². The van der Waals surface area contributed by atoms with Crippen molar-refractivity contribution < 1.29 is 19.1 Å². The molecule has 0 atom stereocenters. The number of esters is 2. The molecular formula is C26H43NO4. The van der Waals surface area contributed by atoms with E-state index in [0.717, 1.165) is 12.8 Å². The average Bonchev–Trinajstić information content (AvgIpc) is 2.77. The Hall–Kier alpha value is -1.91. The Morgan fingerprint density at radius 2 is 1.19 bits per heavy atom. The predicted octanol–water partition coefficient (Wildman–Crippen LogP) is 7.14. The second-order valence-corrected chi connectivity index (χ2v) is 8.78. The second kappa shape index (κ2) is 17.7. The number of hydrogen-bond acceptors (Lipinski definition) is 5. The number of rotatable bonds is 18. The summed E-state index contributed by atoms with van der Waals surface area (Å²) in [5.74, 6) is -0.755. The molecule has 0 fully saturated rings. The minimum atomic E-state index is -0.514. The van der Waals surface area contributed by atoms with Crippen LogP contribution in [0.15, 0.2) is 18.2 Å². The van der Waals surface area contributed by atoms with E-state index in [4.69, 9.17) is 9.47 Å². The number of carbonyl (C=O) groups is 2. The highest BCUT2D eigenvalue weighted by atomic mass is 16.5. The van der Waals surface area contributed by atoms with E-state index >= 15 is 0 Å². The average molecular weight is 434 g/mol. The minimum Gasteiger partial charge on any atom is -0.461 e. The van der Waals surface area contributed by atoms with Gasteiger partial charge in [0.25, 0.3) is 0 Å². The van der Waals surface area contributed by atoms with Crippen molar-refractivity contribution >= 4 is 11.9 Å². The third-order valence-electron chi connectivity index (χ3n) is 5.20. The molecular weight excluding hydrogens is 390 g/mol. The summed E-state index contributed by atoms with van der Waals surface area (Å²) in [6, 6.07) is 4.73. The molecule has 31 heavy (non-hydrogen) atoms. The summed E-state index contributed by atoms with van der Waals surface area (Å²) >= 11 is 0. The van der Waals surface area contributed by atoms with E-state index in [1.54, 1.807) is 18.2 Å². The van der Waals surface area contributed by atoms with E-state index in [0.29, 0.717) is 13.2 Å². The number of carbonyl (C=O) groups excluding carboxylic acids is 2. The molecule has 0 aliphatic heterocycles. The van der Waals surface area contributed by atoms with Crippen LogP contribution in [-0.2, 0) is 9.47 Å². The summed E-state index contributed by atoms with van der Waals surface area (Å²) in [4.78, 5) is 28.2. The highest BCUT2D eigenvalue weighted by Crippen LogP contribution is 2.12. The van der Waals surface area contributed by atoms with Crippen molar-refractivity contribution in [3.05, 3.63) is 29.6 Å². The molecule has 0 N–H and O–H groups in total. The Morgan fingerprint density at radius 1 is 0.742 bits per heavy atom. The van der Waals surface area contributed by atoms with E-state index in [1.165, 1.54) is 70.6 Å². The molecule has 0 saturated carbocycles. The van der Waals surface area contributed by atoms with Crippen molar-refractivity contribution in [3.63, 3.8) is 0 Å². The number of hydrogen-bond donors (Lipinski definition) is 0. The molecule has 0 aliphatic carbocycles. The monoisotopic (exact) mass is 433 g/mol. The van der Waals surface area contributed by atoms with Crippen molar-refractivity contribution in [2.45, 2.75) is 104 Å². The van der Waals surface area contributed by atoms with Crippen LogP contribution >= 0.6 is 0 Å². The van der Waals surface area contributed by atoms with Crippen LogP contribution in [0.2, 0.25) is 0 Å². The summed E-state index contributed by atoms with van der Waals surface area (Å²) in [5.41, 5.74) is 0.282. The van der Waals surface area contributed by atoms with Gasteiger partial charge in [-0.15, -0.1) is 0 Å². The van der Waals surface area contributed by atoms with Crippen molar-refractivity contribution in [2.24, 2.45) is 5.92 Å². The van der Waals surface area contributed by atoms with E-state index in [9.17, 15) is 9.59 Å². The lowest BCUT2D eigenvalue weighted by Gasteiger charge is -2.08. The van der Waals surface area contributed by atoms with Gasteiger partial charge >= 0.3 is 11.9 Å². The number of aromatic nitrogens is 1. The van der Waals surface area contributed by atoms with E-state index in [-0.39, 0.29) is 17.3 Å². The summed E-state index contributed by atoms with van der Waals surface area (Å²) in [5, 5.41) is 0. The van der Waals surface area contributed by atoms with Gasteiger partial charge in [-0.2, -0.15) is 0 Å². The molecule has 5 nitrogen and oxygen atoms in total. The Kier molecular flexibility index (Phi) is 15.5. The summed E-state index contributed by atoms with van der Waals surface area (Å²) < 4.78 is 10.5. The maximum Gasteiger partial charge on any atom is 0.356 e. The normalized spacial score (nSPS) is 11.0. The van der Waals surface area contributed by atoms with Crippen LogP contribution in [0.5, 0.6) is 0 Å². The first-order chi connectivity index (χ1) is 15.0. The fourth-order valence-electron chi connectivity index (χ4n) is 3.34. The van der Waals surface area contributed by atoms with Gasteiger partial charge in [-0.1, -0.05) is 104 Å². The van der Waals surface area contributed by atoms with Crippen LogP contribution in [0.3, 0.4) is 0 Å². The number of ether oxygens (including phenoxy) is 2. The topological polar surface area (TPSA) is 65.5 Å². The number of unbranched alkanes of at least 4 members (excludes halogenated alkanes) is 12. The highest BCUT2D eigenvalue weighted by molar-refractivity contribution is 5.91. The Labute approximate surface area is 189 Å². The molecule has 1 aromatic heterocycles. The smallest absolute Gasteiger partial charge is 0.356 e. The van der Waals surface area contributed by atoms with Crippen molar-refractivity contribution in [1.82, 2.24) is 4.98 Å². The summed E-state index contributed by atoms with van der Waals surface area (Å²) in [6.45, 7) is 6.90. The van der Waals surface area contributed by atoms with Crippen LogP contribution in [0.4, 0.5) is 0 Å². The van der Waals surface area contributed by atoms with Crippen LogP contribution in [-0.4, -0.2) is 30.1 Å². The summed E-state index contributed by atoms with van der Waals surface area (Å²) in [7, 11) is 0. The molecule has 176 valence electrons. The predicted molar refractivity (Wildman–Crippen MR) is 125 cm³/mol. The first-order valence-corrected chi connectivity index (χ1v) is 12.4. The molecule has 0 spiro atoms. The minimum absolute atomic E-state index is 0.135. The lowest BCUT2D eigenvalue weighted by Crippen LogP contribution is -2.15. The van der Waals surface area contributed by atoms with Gasteiger partial charge in [-0.05, 0) is 24.5 Å². The van der Waals surface area contributed by atoms with Gasteiger partial charge in [0.2, 0.25) is 0 Å². The van der Waals surface area contributed by atoms with Crippen LogP contribution in [0.1, 0.15) is 125 Å². The van der Waals surface area contributed by atoms with Crippen LogP contribution in [0.25, 0.3) is 0 Å². The molecule has 0 aromatic carbocycles. The van der Waals surface area contributed by atoms with Gasteiger partial charge in [0.15, 0.2) is 0 Å². The quantitative estimate of drug-likeness (QED) is 0.182. The molecule has 1 rings (SSSR count). The lowest BCUT2D eigenvalue weighted by molar-refractivity contribution is 0.0450. The number of nitrogens with zero attached hydrogens (tertiary/aromatic N) is 1. The Bertz CT molecular complexity index is 615. The van der Waals surface area contributed by atoms with Gasteiger partial charge in [-0.25, -0.2) is 14.6 Å². The molecule has 1 aromatic rings. The van der Waals surface area contributed by atoms with Crippen LogP contribution in [0, 0.1) is 5.92 Å². The largest absolute Gasteiger partial charge is 0.461 e. The number of pyridine rings is 1. The zero-order valence-electron chi connectivity index (χ0n) is 20.0. The molecule has 0 aliphatic rings. The van der Waals surface area contributed by atoms with Gasteiger partial charge in [0.1, 0.15) is 11.4 Å². The summed E-state index contributed by atoms with van der Waals surface area (Å²) in [6.07, 6.45) is 16.6. The van der Waals surface area contributed by atoms with Crippen molar-refractivity contribution in [3.8, 4) is 0 Å². The van der Waals surface area contributed by atoms with Gasteiger partial charge in [-0.3, -0.25) is 0 Å². The van der Waals surface area contributed by atoms with E-state index in [2.05, 4.69) is 11.9 Å². The third-order valence-corrected chi connectivity index (χ3v) is 5.20. The second-order valence-electron chi connectivity index (χ2n) is 8.78. The van der Waals surface area contributed by atoms with Gasteiger partial charge in [0.05, 0.1) is 13.2 Å². The van der Waals surface area contributed by atoms with E-state index in [1.807, 2.05) is 13.8 Å².